The molecule has 0 unspecified atom stereocenters. The smallest absolute Gasteiger partial charge is 0.247 e. The van der Waals surface area contributed by atoms with Crippen molar-refractivity contribution < 1.29 is 4.42 Å². The van der Waals surface area contributed by atoms with Crippen LogP contribution in [-0.2, 0) is 6.42 Å². The van der Waals surface area contributed by atoms with E-state index in [0.717, 1.165) is 41.6 Å². The summed E-state index contributed by atoms with van der Waals surface area (Å²) in [5, 5.41) is 12.4. The lowest BCUT2D eigenvalue weighted by atomic mass is 10.1. The normalized spacial score (nSPS) is 14.7. The highest BCUT2D eigenvalue weighted by Gasteiger charge is 2.19. The van der Waals surface area contributed by atoms with E-state index in [0.29, 0.717) is 11.8 Å². The monoisotopic (exact) mass is 291 g/mol. The van der Waals surface area contributed by atoms with Gasteiger partial charge in [0.15, 0.2) is 0 Å². The number of nitrogens with one attached hydrogen (secondary N) is 1. The summed E-state index contributed by atoms with van der Waals surface area (Å²) in [5.41, 5.74) is 1.91. The number of hydrogen-bond donors (Lipinski definition) is 1. The fraction of sp³-hybridized carbons (Fsp3) is 0.467. The molecule has 106 valence electrons. The summed E-state index contributed by atoms with van der Waals surface area (Å²) in [6.07, 6.45) is 4.47. The number of benzene rings is 1. The number of nitrogens with zero attached hydrogens (tertiary/aromatic N) is 2. The van der Waals surface area contributed by atoms with Gasteiger partial charge in [-0.25, -0.2) is 0 Å². The van der Waals surface area contributed by atoms with Crippen LogP contribution in [0, 0.1) is 6.92 Å². The van der Waals surface area contributed by atoms with Gasteiger partial charge in [0.25, 0.3) is 0 Å². The Morgan fingerprint density at radius 2 is 2.20 bits per heavy atom. The summed E-state index contributed by atoms with van der Waals surface area (Å²) < 4.78 is 5.68. The van der Waals surface area contributed by atoms with Gasteiger partial charge in [-0.1, -0.05) is 17.7 Å². The van der Waals surface area contributed by atoms with E-state index >= 15 is 0 Å². The average Bonchev–Trinajstić information content (AvgIpc) is 3.15. The van der Waals surface area contributed by atoms with Gasteiger partial charge in [-0.05, 0) is 50.4 Å². The molecule has 0 saturated heterocycles. The second-order valence-corrected chi connectivity index (χ2v) is 5.70. The van der Waals surface area contributed by atoms with Crippen molar-refractivity contribution in [1.29, 1.82) is 0 Å². The number of rotatable bonds is 6. The first-order valence-corrected chi connectivity index (χ1v) is 7.42. The molecular weight excluding hydrogens is 274 g/mol. The summed E-state index contributed by atoms with van der Waals surface area (Å²) in [5.74, 6) is 1.23. The molecule has 20 heavy (non-hydrogen) atoms. The molecule has 3 rings (SSSR count). The van der Waals surface area contributed by atoms with Crippen LogP contribution < -0.4 is 5.32 Å². The van der Waals surface area contributed by atoms with E-state index in [9.17, 15) is 0 Å². The maximum absolute atomic E-state index is 6.11. The second kappa shape index (κ2) is 5.94. The van der Waals surface area contributed by atoms with Gasteiger partial charge in [-0.15, -0.1) is 10.2 Å². The predicted octanol–water partition coefficient (Wildman–Crippen LogP) is 3.38. The van der Waals surface area contributed by atoms with Crippen molar-refractivity contribution in [3.8, 4) is 11.5 Å². The summed E-state index contributed by atoms with van der Waals surface area (Å²) >= 11 is 6.11. The molecule has 1 aliphatic carbocycles. The first kappa shape index (κ1) is 13.6. The Labute approximate surface area is 123 Å². The number of halogens is 1. The minimum absolute atomic E-state index is 0.539. The van der Waals surface area contributed by atoms with Crippen molar-refractivity contribution in [2.75, 3.05) is 6.54 Å². The van der Waals surface area contributed by atoms with Crippen LogP contribution in [0.15, 0.2) is 22.6 Å². The summed E-state index contributed by atoms with van der Waals surface area (Å²) in [6.45, 7) is 2.98. The van der Waals surface area contributed by atoms with Gasteiger partial charge in [0, 0.05) is 23.0 Å². The fourth-order valence-electron chi connectivity index (χ4n) is 2.03. The van der Waals surface area contributed by atoms with Gasteiger partial charge >= 0.3 is 0 Å². The minimum atomic E-state index is 0.539. The standard InChI is InChI=1S/C15H18ClN3O/c1-10-4-5-11(9-13(10)16)15-19-18-14(20-15)3-2-8-17-12-6-7-12/h4-5,9,12,17H,2-3,6-8H2,1H3. The van der Waals surface area contributed by atoms with Crippen molar-refractivity contribution in [1.82, 2.24) is 15.5 Å². The molecule has 0 atom stereocenters. The van der Waals surface area contributed by atoms with Crippen LogP contribution in [0.3, 0.4) is 0 Å². The van der Waals surface area contributed by atoms with Crippen LogP contribution in [0.1, 0.15) is 30.7 Å². The SMILES string of the molecule is Cc1ccc(-c2nnc(CCCNC3CC3)o2)cc1Cl. The minimum Gasteiger partial charge on any atom is -0.421 e. The van der Waals surface area contributed by atoms with E-state index in [4.69, 9.17) is 16.0 Å². The van der Waals surface area contributed by atoms with Crippen LogP contribution in [0.5, 0.6) is 0 Å². The van der Waals surface area contributed by atoms with Gasteiger partial charge in [-0.3, -0.25) is 0 Å². The molecule has 1 heterocycles. The molecule has 0 radical (unpaired) electrons. The van der Waals surface area contributed by atoms with Gasteiger partial charge in [0.1, 0.15) is 0 Å². The summed E-state index contributed by atoms with van der Waals surface area (Å²) in [7, 11) is 0. The molecule has 1 saturated carbocycles. The lowest BCUT2D eigenvalue weighted by Gasteiger charge is -2.00. The van der Waals surface area contributed by atoms with Crippen LogP contribution in [0.4, 0.5) is 0 Å². The zero-order valence-electron chi connectivity index (χ0n) is 11.5. The Balaban J connectivity index is 1.58. The predicted molar refractivity (Wildman–Crippen MR) is 78.8 cm³/mol. The van der Waals surface area contributed by atoms with Crippen LogP contribution in [0.2, 0.25) is 5.02 Å². The molecule has 2 aromatic rings. The molecule has 1 aromatic heterocycles. The molecular formula is C15H18ClN3O. The van der Waals surface area contributed by atoms with Crippen molar-refractivity contribution in [3.05, 3.63) is 34.7 Å². The first-order chi connectivity index (χ1) is 9.72. The third-order valence-electron chi connectivity index (χ3n) is 3.46. The van der Waals surface area contributed by atoms with Crippen LogP contribution >= 0.6 is 11.6 Å². The van der Waals surface area contributed by atoms with Crippen molar-refractivity contribution >= 4 is 11.6 Å². The van der Waals surface area contributed by atoms with Crippen molar-refractivity contribution in [2.45, 2.75) is 38.6 Å². The lowest BCUT2D eigenvalue weighted by Crippen LogP contribution is -2.17. The zero-order chi connectivity index (χ0) is 13.9. The molecule has 5 heteroatoms. The van der Waals surface area contributed by atoms with E-state index in [2.05, 4.69) is 15.5 Å². The number of aryl methyl sites for hydroxylation is 2. The second-order valence-electron chi connectivity index (χ2n) is 5.30. The average molecular weight is 292 g/mol. The molecule has 1 N–H and O–H groups in total. The largest absolute Gasteiger partial charge is 0.421 e. The van der Waals surface area contributed by atoms with Gasteiger partial charge in [0.05, 0.1) is 0 Å². The maximum atomic E-state index is 6.11. The van der Waals surface area contributed by atoms with E-state index < -0.39 is 0 Å². The number of hydrogen-bond acceptors (Lipinski definition) is 4. The van der Waals surface area contributed by atoms with Crippen LogP contribution in [-0.4, -0.2) is 22.8 Å². The molecule has 1 aliphatic rings. The molecule has 1 fully saturated rings. The summed E-state index contributed by atoms with van der Waals surface area (Å²) in [4.78, 5) is 0. The maximum Gasteiger partial charge on any atom is 0.247 e. The fourth-order valence-corrected chi connectivity index (χ4v) is 2.21. The van der Waals surface area contributed by atoms with Crippen LogP contribution in [0.25, 0.3) is 11.5 Å². The van der Waals surface area contributed by atoms with Crippen molar-refractivity contribution in [3.63, 3.8) is 0 Å². The van der Waals surface area contributed by atoms with Crippen molar-refractivity contribution in [2.24, 2.45) is 0 Å². The highest BCUT2D eigenvalue weighted by Crippen LogP contribution is 2.24. The summed E-state index contributed by atoms with van der Waals surface area (Å²) in [6, 6.07) is 6.53. The Morgan fingerprint density at radius 1 is 1.35 bits per heavy atom. The van der Waals surface area contributed by atoms with E-state index in [1.54, 1.807) is 0 Å². The lowest BCUT2D eigenvalue weighted by molar-refractivity contribution is 0.491. The third kappa shape index (κ3) is 3.38. The third-order valence-corrected chi connectivity index (χ3v) is 3.87. The molecule has 0 spiro atoms. The topological polar surface area (TPSA) is 51.0 Å². The van der Waals surface area contributed by atoms with E-state index in [1.165, 1.54) is 12.8 Å². The van der Waals surface area contributed by atoms with Gasteiger partial charge in [-0.2, -0.15) is 0 Å². The van der Waals surface area contributed by atoms with Gasteiger partial charge < -0.3 is 9.73 Å². The van der Waals surface area contributed by atoms with E-state index in [1.807, 2.05) is 25.1 Å². The Bertz CT molecular complexity index is 593. The molecule has 0 amide bonds. The van der Waals surface area contributed by atoms with E-state index in [-0.39, 0.29) is 0 Å². The Hall–Kier alpha value is -1.39. The molecule has 0 aliphatic heterocycles. The molecule has 4 nitrogen and oxygen atoms in total. The quantitative estimate of drug-likeness (QED) is 0.829. The van der Waals surface area contributed by atoms with Gasteiger partial charge in [0.2, 0.25) is 11.8 Å². The molecule has 0 bridgehead atoms. The Kier molecular flexibility index (Phi) is 4.03. The zero-order valence-corrected chi connectivity index (χ0v) is 12.3. The highest BCUT2D eigenvalue weighted by atomic mass is 35.5. The number of aromatic nitrogens is 2. The highest BCUT2D eigenvalue weighted by molar-refractivity contribution is 6.31. The molecule has 1 aromatic carbocycles. The Morgan fingerprint density at radius 3 is 2.95 bits per heavy atom. The first-order valence-electron chi connectivity index (χ1n) is 7.04.